The molecule has 0 radical (unpaired) electrons. The van der Waals surface area contributed by atoms with Crippen LogP contribution in [0.5, 0.6) is 5.75 Å². The summed E-state index contributed by atoms with van der Waals surface area (Å²) in [4.78, 5) is 14.1. The first-order valence-electron chi connectivity index (χ1n) is 7.50. The average Bonchev–Trinajstić information content (AvgIpc) is 2.50. The van der Waals surface area contributed by atoms with Crippen molar-refractivity contribution in [3.05, 3.63) is 29.6 Å². The van der Waals surface area contributed by atoms with Gasteiger partial charge in [0.25, 0.3) is 5.91 Å². The number of halogens is 1. The summed E-state index contributed by atoms with van der Waals surface area (Å²) in [6.45, 7) is 3.82. The molecule has 1 atom stereocenters. The van der Waals surface area contributed by atoms with Crippen molar-refractivity contribution in [2.45, 2.75) is 38.8 Å². The van der Waals surface area contributed by atoms with Crippen LogP contribution in [0.25, 0.3) is 0 Å². The molecular weight excluding hydrogens is 271 g/mol. The van der Waals surface area contributed by atoms with E-state index in [9.17, 15) is 9.18 Å². The van der Waals surface area contributed by atoms with E-state index in [0.717, 1.165) is 31.5 Å². The topological polar surface area (TPSA) is 41.6 Å². The van der Waals surface area contributed by atoms with Crippen LogP contribution in [0.4, 0.5) is 4.39 Å². The second-order valence-electron chi connectivity index (χ2n) is 5.44. The smallest absolute Gasteiger partial charge is 0.263 e. The lowest BCUT2D eigenvalue weighted by Gasteiger charge is -2.29. The Bertz CT molecular complexity index is 487. The predicted octanol–water partition coefficient (Wildman–Crippen LogP) is 2.32. The van der Waals surface area contributed by atoms with Gasteiger partial charge in [0.2, 0.25) is 0 Å². The van der Waals surface area contributed by atoms with Crippen molar-refractivity contribution in [2.75, 3.05) is 20.1 Å². The standard InChI is InChI=1S/C16H23FN2O2/c1-12(16(20)19-8-4-3-5-9-19)21-15-7-6-13(11-18-2)10-14(15)17/h6-7,10,12,18H,3-5,8-9,11H2,1-2H3. The van der Waals surface area contributed by atoms with E-state index < -0.39 is 11.9 Å². The van der Waals surface area contributed by atoms with Gasteiger partial charge in [-0.25, -0.2) is 4.39 Å². The van der Waals surface area contributed by atoms with E-state index >= 15 is 0 Å². The van der Waals surface area contributed by atoms with Gasteiger partial charge in [0.1, 0.15) is 0 Å². The molecule has 1 amide bonds. The third-order valence-corrected chi connectivity index (χ3v) is 3.70. The summed E-state index contributed by atoms with van der Waals surface area (Å²) >= 11 is 0. The molecule has 1 unspecified atom stereocenters. The van der Waals surface area contributed by atoms with Crippen LogP contribution >= 0.6 is 0 Å². The van der Waals surface area contributed by atoms with Crippen molar-refractivity contribution in [3.63, 3.8) is 0 Å². The lowest BCUT2D eigenvalue weighted by Crippen LogP contribution is -2.43. The Labute approximate surface area is 125 Å². The first-order valence-corrected chi connectivity index (χ1v) is 7.50. The SMILES string of the molecule is CNCc1ccc(OC(C)C(=O)N2CCCCC2)c(F)c1. The summed E-state index contributed by atoms with van der Waals surface area (Å²) in [6.07, 6.45) is 2.57. The molecule has 1 heterocycles. The van der Waals surface area contributed by atoms with Crippen LogP contribution in [0.1, 0.15) is 31.7 Å². The minimum absolute atomic E-state index is 0.0617. The largest absolute Gasteiger partial charge is 0.478 e. The molecule has 4 nitrogen and oxygen atoms in total. The summed E-state index contributed by atoms with van der Waals surface area (Å²) in [5.41, 5.74) is 0.845. The normalized spacial score (nSPS) is 16.6. The number of hydrogen-bond acceptors (Lipinski definition) is 3. The highest BCUT2D eigenvalue weighted by atomic mass is 19.1. The highest BCUT2D eigenvalue weighted by molar-refractivity contribution is 5.81. The van der Waals surface area contributed by atoms with Crippen LogP contribution < -0.4 is 10.1 Å². The molecule has 1 aliphatic rings. The Morgan fingerprint density at radius 3 is 2.71 bits per heavy atom. The molecule has 116 valence electrons. The van der Waals surface area contributed by atoms with Gasteiger partial charge in [-0.05, 0) is 50.9 Å². The molecule has 1 aliphatic heterocycles. The third-order valence-electron chi connectivity index (χ3n) is 3.70. The van der Waals surface area contributed by atoms with Crippen molar-refractivity contribution in [1.82, 2.24) is 10.2 Å². The van der Waals surface area contributed by atoms with Crippen LogP contribution in [0, 0.1) is 5.82 Å². The summed E-state index contributed by atoms with van der Waals surface area (Å²) < 4.78 is 19.5. The fourth-order valence-electron chi connectivity index (χ4n) is 2.57. The maximum absolute atomic E-state index is 14.0. The fourth-order valence-corrected chi connectivity index (χ4v) is 2.57. The highest BCUT2D eigenvalue weighted by Gasteiger charge is 2.24. The van der Waals surface area contributed by atoms with Gasteiger partial charge in [-0.2, -0.15) is 0 Å². The number of ether oxygens (including phenoxy) is 1. The number of likely N-dealkylation sites (tertiary alicyclic amines) is 1. The Morgan fingerprint density at radius 1 is 1.38 bits per heavy atom. The molecule has 1 aromatic carbocycles. The minimum Gasteiger partial charge on any atom is -0.478 e. The zero-order chi connectivity index (χ0) is 15.2. The molecule has 0 aromatic heterocycles. The Hall–Kier alpha value is -1.62. The van der Waals surface area contributed by atoms with Crippen molar-refractivity contribution in [3.8, 4) is 5.75 Å². The van der Waals surface area contributed by atoms with E-state index in [1.165, 1.54) is 12.5 Å². The van der Waals surface area contributed by atoms with E-state index in [1.54, 1.807) is 24.0 Å². The molecule has 1 saturated heterocycles. The van der Waals surface area contributed by atoms with Gasteiger partial charge in [-0.1, -0.05) is 6.07 Å². The van der Waals surface area contributed by atoms with Crippen molar-refractivity contribution >= 4 is 5.91 Å². The maximum Gasteiger partial charge on any atom is 0.263 e. The molecule has 1 aromatic rings. The summed E-state index contributed by atoms with van der Waals surface area (Å²) in [7, 11) is 1.81. The number of nitrogens with one attached hydrogen (secondary N) is 1. The van der Waals surface area contributed by atoms with Crippen LogP contribution in [0.15, 0.2) is 18.2 Å². The van der Waals surface area contributed by atoms with Crippen LogP contribution in [0.3, 0.4) is 0 Å². The number of carbonyl (C=O) groups excluding carboxylic acids is 1. The second kappa shape index (κ2) is 7.41. The molecule has 1 fully saturated rings. The first kappa shape index (κ1) is 15.8. The number of rotatable bonds is 5. The highest BCUT2D eigenvalue weighted by Crippen LogP contribution is 2.21. The number of benzene rings is 1. The molecule has 1 N–H and O–H groups in total. The summed E-state index contributed by atoms with van der Waals surface area (Å²) in [5.74, 6) is -0.359. The number of amides is 1. The minimum atomic E-state index is -0.659. The summed E-state index contributed by atoms with van der Waals surface area (Å²) in [5, 5.41) is 2.96. The summed E-state index contributed by atoms with van der Waals surface area (Å²) in [6, 6.07) is 4.82. The molecule has 2 rings (SSSR count). The van der Waals surface area contributed by atoms with Gasteiger partial charge in [-0.3, -0.25) is 4.79 Å². The molecule has 0 aliphatic carbocycles. The van der Waals surface area contributed by atoms with Crippen molar-refractivity contribution in [1.29, 1.82) is 0 Å². The molecule has 0 saturated carbocycles. The zero-order valence-electron chi connectivity index (χ0n) is 12.7. The fraction of sp³-hybridized carbons (Fsp3) is 0.562. The lowest BCUT2D eigenvalue weighted by atomic mass is 10.1. The second-order valence-corrected chi connectivity index (χ2v) is 5.44. The molecule has 5 heteroatoms. The van der Waals surface area contributed by atoms with E-state index in [-0.39, 0.29) is 11.7 Å². The van der Waals surface area contributed by atoms with Gasteiger partial charge in [0, 0.05) is 19.6 Å². The van der Waals surface area contributed by atoms with Crippen molar-refractivity contribution in [2.24, 2.45) is 0 Å². The van der Waals surface area contributed by atoms with Crippen LogP contribution in [0.2, 0.25) is 0 Å². The van der Waals surface area contributed by atoms with Gasteiger partial charge < -0.3 is 15.0 Å². The van der Waals surface area contributed by atoms with Gasteiger partial charge in [-0.15, -0.1) is 0 Å². The lowest BCUT2D eigenvalue weighted by molar-refractivity contribution is -0.138. The first-order chi connectivity index (χ1) is 10.1. The van der Waals surface area contributed by atoms with E-state index in [2.05, 4.69) is 5.32 Å². The number of piperidine rings is 1. The Balaban J connectivity index is 1.98. The average molecular weight is 294 g/mol. The van der Waals surface area contributed by atoms with Crippen LogP contribution in [-0.4, -0.2) is 37.0 Å². The zero-order valence-corrected chi connectivity index (χ0v) is 12.7. The van der Waals surface area contributed by atoms with Crippen molar-refractivity contribution < 1.29 is 13.9 Å². The van der Waals surface area contributed by atoms with E-state index in [0.29, 0.717) is 6.54 Å². The van der Waals surface area contributed by atoms with Gasteiger partial charge >= 0.3 is 0 Å². The van der Waals surface area contributed by atoms with Crippen LogP contribution in [-0.2, 0) is 11.3 Å². The number of hydrogen-bond donors (Lipinski definition) is 1. The van der Waals surface area contributed by atoms with Gasteiger partial charge in [0.15, 0.2) is 17.7 Å². The van der Waals surface area contributed by atoms with E-state index in [4.69, 9.17) is 4.74 Å². The monoisotopic (exact) mass is 294 g/mol. The van der Waals surface area contributed by atoms with Gasteiger partial charge in [0.05, 0.1) is 0 Å². The Morgan fingerprint density at radius 2 is 2.10 bits per heavy atom. The number of carbonyl (C=O) groups is 1. The quantitative estimate of drug-likeness (QED) is 0.906. The van der Waals surface area contributed by atoms with E-state index in [1.807, 2.05) is 7.05 Å². The molecule has 21 heavy (non-hydrogen) atoms. The molecule has 0 bridgehead atoms. The predicted molar refractivity (Wildman–Crippen MR) is 79.7 cm³/mol. The number of nitrogens with zero attached hydrogens (tertiary/aromatic N) is 1. The molecule has 0 spiro atoms. The maximum atomic E-state index is 14.0. The Kier molecular flexibility index (Phi) is 5.56. The third kappa shape index (κ3) is 4.17. The molecular formula is C16H23FN2O2.